The van der Waals surface area contributed by atoms with E-state index in [1.807, 2.05) is 37.3 Å². The van der Waals surface area contributed by atoms with Crippen LogP contribution in [0.4, 0.5) is 0 Å². The minimum Gasteiger partial charge on any atom is -0.497 e. The summed E-state index contributed by atoms with van der Waals surface area (Å²) in [6, 6.07) is 9.60. The van der Waals surface area contributed by atoms with E-state index in [9.17, 15) is 9.59 Å². The molecule has 0 saturated carbocycles. The maximum atomic E-state index is 12.7. The van der Waals surface area contributed by atoms with E-state index in [2.05, 4.69) is 4.98 Å². The van der Waals surface area contributed by atoms with Crippen molar-refractivity contribution in [2.45, 2.75) is 40.2 Å². The normalized spacial score (nSPS) is 10.3. The Morgan fingerprint density at radius 3 is 2.48 bits per heavy atom. The predicted molar refractivity (Wildman–Crippen MR) is 104 cm³/mol. The Hall–Kier alpha value is -3.07. The molecular formula is C21H25N3O3. The minimum absolute atomic E-state index is 0.0387. The first-order valence-corrected chi connectivity index (χ1v) is 8.94. The van der Waals surface area contributed by atoms with E-state index in [1.54, 1.807) is 25.9 Å². The van der Waals surface area contributed by atoms with Crippen LogP contribution < -0.4 is 10.3 Å². The number of amides is 1. The number of carbonyl (C=O) groups excluding carboxylic acids is 1. The van der Waals surface area contributed by atoms with E-state index in [4.69, 9.17) is 10.00 Å². The van der Waals surface area contributed by atoms with Crippen molar-refractivity contribution >= 4 is 5.91 Å². The van der Waals surface area contributed by atoms with Gasteiger partial charge in [-0.25, -0.2) is 0 Å². The Labute approximate surface area is 159 Å². The number of benzene rings is 1. The number of hydrogen-bond acceptors (Lipinski definition) is 4. The lowest BCUT2D eigenvalue weighted by molar-refractivity contribution is -0.131. The van der Waals surface area contributed by atoms with Gasteiger partial charge in [-0.3, -0.25) is 9.59 Å². The summed E-state index contributed by atoms with van der Waals surface area (Å²) >= 11 is 0. The van der Waals surface area contributed by atoms with Gasteiger partial charge >= 0.3 is 0 Å². The summed E-state index contributed by atoms with van der Waals surface area (Å²) < 4.78 is 5.16. The van der Waals surface area contributed by atoms with Gasteiger partial charge in [0.1, 0.15) is 17.4 Å². The highest BCUT2D eigenvalue weighted by Crippen LogP contribution is 2.17. The Morgan fingerprint density at radius 2 is 1.93 bits per heavy atom. The van der Waals surface area contributed by atoms with Crippen molar-refractivity contribution in [1.82, 2.24) is 9.88 Å². The molecule has 1 heterocycles. The molecule has 27 heavy (non-hydrogen) atoms. The summed E-state index contributed by atoms with van der Waals surface area (Å²) in [6.45, 7) is 6.65. The van der Waals surface area contributed by atoms with Gasteiger partial charge in [0.15, 0.2) is 0 Å². The molecule has 2 aromatic rings. The molecule has 1 aromatic heterocycles. The molecule has 1 amide bonds. The van der Waals surface area contributed by atoms with Crippen molar-refractivity contribution in [3.8, 4) is 11.8 Å². The molecule has 6 nitrogen and oxygen atoms in total. The molecule has 1 N–H and O–H groups in total. The van der Waals surface area contributed by atoms with E-state index >= 15 is 0 Å². The molecular weight excluding hydrogens is 342 g/mol. The van der Waals surface area contributed by atoms with Crippen LogP contribution in [0, 0.1) is 25.2 Å². The molecule has 0 aliphatic rings. The van der Waals surface area contributed by atoms with Crippen molar-refractivity contribution < 1.29 is 9.53 Å². The molecule has 0 bridgehead atoms. The highest BCUT2D eigenvalue weighted by atomic mass is 16.5. The van der Waals surface area contributed by atoms with E-state index in [0.29, 0.717) is 37.2 Å². The summed E-state index contributed by atoms with van der Waals surface area (Å²) in [4.78, 5) is 29.0. The highest BCUT2D eigenvalue weighted by Gasteiger charge is 2.16. The molecule has 0 fully saturated rings. The number of aromatic nitrogens is 1. The molecule has 0 aliphatic carbocycles. The third-order valence-corrected chi connectivity index (χ3v) is 4.78. The summed E-state index contributed by atoms with van der Waals surface area (Å²) in [6.07, 6.45) is 0.809. The number of pyridine rings is 1. The van der Waals surface area contributed by atoms with E-state index in [1.165, 1.54) is 0 Å². The molecule has 6 heteroatoms. The second-order valence-corrected chi connectivity index (χ2v) is 6.43. The SMILES string of the molecule is CCN(Cc1ccc(OC)cc1)C(=O)CCc1c(C)[nH]c(=O)c(C#N)c1C. The highest BCUT2D eigenvalue weighted by molar-refractivity contribution is 5.76. The lowest BCUT2D eigenvalue weighted by Crippen LogP contribution is -2.30. The first kappa shape index (κ1) is 20.2. The second kappa shape index (κ2) is 9.04. The Balaban J connectivity index is 2.09. The van der Waals surface area contributed by atoms with Gasteiger partial charge in [0.2, 0.25) is 5.91 Å². The zero-order chi connectivity index (χ0) is 20.0. The van der Waals surface area contributed by atoms with Crippen LogP contribution in [0.15, 0.2) is 29.1 Å². The van der Waals surface area contributed by atoms with Crippen LogP contribution in [0.1, 0.15) is 41.3 Å². The molecule has 0 radical (unpaired) electrons. The fraction of sp³-hybridized carbons (Fsp3) is 0.381. The Bertz CT molecular complexity index is 908. The number of nitriles is 1. The standard InChI is InChI=1S/C21H25N3O3/c1-5-24(13-16-6-8-17(27-4)9-7-16)20(25)11-10-18-14(2)19(12-22)21(26)23-15(18)3/h6-9H,5,10-11,13H2,1-4H3,(H,23,26). The molecule has 0 saturated heterocycles. The number of aryl methyl sites for hydroxylation is 1. The monoisotopic (exact) mass is 367 g/mol. The van der Waals surface area contributed by atoms with Gasteiger partial charge in [-0.2, -0.15) is 5.26 Å². The first-order chi connectivity index (χ1) is 12.9. The Morgan fingerprint density at radius 1 is 1.26 bits per heavy atom. The van der Waals surface area contributed by atoms with Crippen LogP contribution in [0.3, 0.4) is 0 Å². The summed E-state index contributed by atoms with van der Waals surface area (Å²) in [5, 5.41) is 9.17. The lowest BCUT2D eigenvalue weighted by Gasteiger charge is -2.21. The maximum Gasteiger partial charge on any atom is 0.266 e. The second-order valence-electron chi connectivity index (χ2n) is 6.43. The number of methoxy groups -OCH3 is 1. The van der Waals surface area contributed by atoms with Crippen LogP contribution >= 0.6 is 0 Å². The predicted octanol–water partition coefficient (Wildman–Crippen LogP) is 2.85. The zero-order valence-electron chi connectivity index (χ0n) is 16.3. The van der Waals surface area contributed by atoms with Crippen molar-refractivity contribution in [3.05, 3.63) is 62.6 Å². The van der Waals surface area contributed by atoms with Gasteiger partial charge in [-0.05, 0) is 56.0 Å². The summed E-state index contributed by atoms with van der Waals surface area (Å²) in [5.74, 6) is 0.822. The largest absolute Gasteiger partial charge is 0.497 e. The van der Waals surface area contributed by atoms with E-state index < -0.39 is 0 Å². The molecule has 0 unspecified atom stereocenters. The topological polar surface area (TPSA) is 86.2 Å². The van der Waals surface area contributed by atoms with Crippen molar-refractivity contribution in [2.75, 3.05) is 13.7 Å². The van der Waals surface area contributed by atoms with Gasteiger partial charge in [0.25, 0.3) is 5.56 Å². The summed E-state index contributed by atoms with van der Waals surface area (Å²) in [5.41, 5.74) is 3.01. The zero-order valence-corrected chi connectivity index (χ0v) is 16.3. The first-order valence-electron chi connectivity index (χ1n) is 8.94. The quantitative estimate of drug-likeness (QED) is 0.815. The third-order valence-electron chi connectivity index (χ3n) is 4.78. The molecule has 0 atom stereocenters. The maximum absolute atomic E-state index is 12.7. The molecule has 1 aromatic carbocycles. The molecule has 0 aliphatic heterocycles. The van der Waals surface area contributed by atoms with E-state index in [0.717, 1.165) is 16.9 Å². The summed E-state index contributed by atoms with van der Waals surface area (Å²) in [7, 11) is 1.62. The number of H-pyrrole nitrogens is 1. The average molecular weight is 367 g/mol. The van der Waals surface area contributed by atoms with Crippen LogP contribution in [-0.2, 0) is 17.8 Å². The number of rotatable bonds is 7. The molecule has 142 valence electrons. The average Bonchev–Trinajstić information content (AvgIpc) is 2.66. The van der Waals surface area contributed by atoms with E-state index in [-0.39, 0.29) is 17.0 Å². The lowest BCUT2D eigenvalue weighted by atomic mass is 9.99. The molecule has 0 spiro atoms. The van der Waals surface area contributed by atoms with Gasteiger partial charge < -0.3 is 14.6 Å². The number of ether oxygens (including phenoxy) is 1. The fourth-order valence-corrected chi connectivity index (χ4v) is 3.14. The number of carbonyl (C=O) groups is 1. The number of nitrogens with one attached hydrogen (secondary N) is 1. The third kappa shape index (κ3) is 4.76. The van der Waals surface area contributed by atoms with Gasteiger partial charge in [0.05, 0.1) is 7.11 Å². The van der Waals surface area contributed by atoms with Crippen molar-refractivity contribution in [3.63, 3.8) is 0 Å². The fourth-order valence-electron chi connectivity index (χ4n) is 3.14. The van der Waals surface area contributed by atoms with Gasteiger partial charge in [-0.15, -0.1) is 0 Å². The van der Waals surface area contributed by atoms with Gasteiger partial charge in [-0.1, -0.05) is 12.1 Å². The van der Waals surface area contributed by atoms with Gasteiger partial charge in [0, 0.05) is 25.2 Å². The molecule has 2 rings (SSSR count). The smallest absolute Gasteiger partial charge is 0.266 e. The van der Waals surface area contributed by atoms with Crippen LogP contribution in [0.2, 0.25) is 0 Å². The van der Waals surface area contributed by atoms with Crippen LogP contribution in [-0.4, -0.2) is 29.4 Å². The van der Waals surface area contributed by atoms with Crippen molar-refractivity contribution in [1.29, 1.82) is 5.26 Å². The number of nitrogens with zero attached hydrogens (tertiary/aromatic N) is 2. The minimum atomic E-state index is -0.378. The number of hydrogen-bond donors (Lipinski definition) is 1. The van der Waals surface area contributed by atoms with Crippen LogP contribution in [0.25, 0.3) is 0 Å². The number of aromatic amines is 1. The van der Waals surface area contributed by atoms with Crippen LogP contribution in [0.5, 0.6) is 5.75 Å². The Kier molecular flexibility index (Phi) is 6.78. The van der Waals surface area contributed by atoms with Crippen molar-refractivity contribution in [2.24, 2.45) is 0 Å².